The highest BCUT2D eigenvalue weighted by Crippen LogP contribution is 2.28. The van der Waals surface area contributed by atoms with Crippen molar-refractivity contribution < 1.29 is 19.1 Å². The average Bonchev–Trinajstić information content (AvgIpc) is 2.90. The predicted molar refractivity (Wildman–Crippen MR) is 144 cm³/mol. The molecule has 2 aromatic carbocycles. The minimum absolute atomic E-state index is 0.00873. The molecule has 1 atom stereocenters. The molecule has 0 N–H and O–H groups in total. The van der Waals surface area contributed by atoms with E-state index in [1.807, 2.05) is 50.2 Å². The fourth-order valence-corrected chi connectivity index (χ4v) is 4.37. The largest absolute Gasteiger partial charge is 0.492 e. The average molecular weight is 508 g/mol. The first-order chi connectivity index (χ1) is 17.9. The summed E-state index contributed by atoms with van der Waals surface area (Å²) in [5.41, 5.74) is 0.904. The maximum atomic E-state index is 13.9. The zero-order chi connectivity index (χ0) is 26.8. The number of esters is 1. The molecule has 0 aliphatic rings. The molecule has 0 saturated heterocycles. The van der Waals surface area contributed by atoms with Crippen LogP contribution in [0.1, 0.15) is 71.7 Å². The van der Waals surface area contributed by atoms with E-state index < -0.39 is 12.0 Å². The highest BCUT2D eigenvalue weighted by atomic mass is 16.5. The smallest absolute Gasteiger partial charge is 0.306 e. The van der Waals surface area contributed by atoms with Crippen LogP contribution in [0.15, 0.2) is 53.3 Å². The van der Waals surface area contributed by atoms with Crippen LogP contribution in [0.2, 0.25) is 0 Å². The molecule has 1 heterocycles. The summed E-state index contributed by atoms with van der Waals surface area (Å²) in [4.78, 5) is 45.8. The van der Waals surface area contributed by atoms with Crippen molar-refractivity contribution in [3.63, 3.8) is 0 Å². The molecule has 3 aromatic rings. The van der Waals surface area contributed by atoms with Crippen molar-refractivity contribution >= 4 is 22.8 Å². The van der Waals surface area contributed by atoms with Crippen LogP contribution in [-0.4, -0.2) is 46.1 Å². The van der Waals surface area contributed by atoms with Crippen molar-refractivity contribution in [2.75, 3.05) is 19.8 Å². The monoisotopic (exact) mass is 507 g/mol. The van der Waals surface area contributed by atoms with Crippen LogP contribution in [0.5, 0.6) is 5.75 Å². The molecular weight excluding hydrogens is 470 g/mol. The second-order valence-corrected chi connectivity index (χ2v) is 8.80. The molecule has 0 aliphatic carbocycles. The summed E-state index contributed by atoms with van der Waals surface area (Å²) in [5.74, 6) is 0.424. The zero-order valence-corrected chi connectivity index (χ0v) is 22.2. The molecule has 0 bridgehead atoms. The third kappa shape index (κ3) is 6.76. The predicted octanol–water partition coefficient (Wildman–Crippen LogP) is 5.21. The summed E-state index contributed by atoms with van der Waals surface area (Å²) in [6.07, 6.45) is 2.80. The van der Waals surface area contributed by atoms with Gasteiger partial charge in [-0.3, -0.25) is 19.0 Å². The van der Waals surface area contributed by atoms with Crippen LogP contribution in [0.4, 0.5) is 0 Å². The van der Waals surface area contributed by atoms with E-state index in [0.29, 0.717) is 41.3 Å². The molecule has 0 spiro atoms. The van der Waals surface area contributed by atoms with Crippen LogP contribution in [0.25, 0.3) is 16.6 Å². The summed E-state index contributed by atoms with van der Waals surface area (Å²) in [5, 5.41) is 0.482. The van der Waals surface area contributed by atoms with Gasteiger partial charge in [0.1, 0.15) is 11.6 Å². The Kier molecular flexibility index (Phi) is 10.2. The Balaban J connectivity index is 2.13. The number of hydrogen-bond donors (Lipinski definition) is 0. The van der Waals surface area contributed by atoms with E-state index >= 15 is 0 Å². The first-order valence-corrected chi connectivity index (χ1v) is 13.1. The zero-order valence-electron chi connectivity index (χ0n) is 22.2. The molecule has 8 nitrogen and oxygen atoms in total. The molecular formula is C29H37N3O5. The highest BCUT2D eigenvalue weighted by Gasteiger charge is 2.27. The van der Waals surface area contributed by atoms with Gasteiger partial charge in [-0.05, 0) is 51.5 Å². The van der Waals surface area contributed by atoms with E-state index in [9.17, 15) is 14.4 Å². The van der Waals surface area contributed by atoms with E-state index in [2.05, 4.69) is 6.92 Å². The van der Waals surface area contributed by atoms with Crippen LogP contribution in [-0.2, 0) is 14.3 Å². The summed E-state index contributed by atoms with van der Waals surface area (Å²) < 4.78 is 12.4. The fourth-order valence-electron chi connectivity index (χ4n) is 4.37. The van der Waals surface area contributed by atoms with E-state index in [-0.39, 0.29) is 30.9 Å². The van der Waals surface area contributed by atoms with Gasteiger partial charge in [0.05, 0.1) is 42.3 Å². The molecule has 0 aliphatic heterocycles. The van der Waals surface area contributed by atoms with Gasteiger partial charge in [0.15, 0.2) is 0 Å². The van der Waals surface area contributed by atoms with E-state index in [4.69, 9.17) is 14.5 Å². The summed E-state index contributed by atoms with van der Waals surface area (Å²) in [7, 11) is 0. The van der Waals surface area contributed by atoms with Gasteiger partial charge in [-0.1, -0.05) is 44.0 Å². The number of fused-ring (bicyclic) bond motifs is 1. The number of rotatable bonds is 13. The third-order valence-electron chi connectivity index (χ3n) is 6.22. The van der Waals surface area contributed by atoms with E-state index in [1.54, 1.807) is 28.5 Å². The van der Waals surface area contributed by atoms with Crippen molar-refractivity contribution in [3.8, 4) is 11.4 Å². The molecule has 37 heavy (non-hydrogen) atoms. The summed E-state index contributed by atoms with van der Waals surface area (Å²) in [6, 6.07) is 14.0. The normalized spacial score (nSPS) is 11.8. The van der Waals surface area contributed by atoms with Gasteiger partial charge in [0.2, 0.25) is 5.91 Å². The number of benzene rings is 2. The molecule has 0 fully saturated rings. The third-order valence-corrected chi connectivity index (χ3v) is 6.22. The lowest BCUT2D eigenvalue weighted by Crippen LogP contribution is -2.38. The molecule has 8 heteroatoms. The molecule has 1 aromatic heterocycles. The topological polar surface area (TPSA) is 90.7 Å². The number of aromatic nitrogens is 2. The second kappa shape index (κ2) is 13.6. The maximum Gasteiger partial charge on any atom is 0.306 e. The highest BCUT2D eigenvalue weighted by molar-refractivity contribution is 5.82. The second-order valence-electron chi connectivity index (χ2n) is 8.80. The number of hydrogen-bond acceptors (Lipinski definition) is 6. The van der Waals surface area contributed by atoms with Crippen molar-refractivity contribution in [1.82, 2.24) is 14.5 Å². The number of para-hydroxylation sites is 3. The molecule has 0 saturated carbocycles. The first-order valence-electron chi connectivity index (χ1n) is 13.1. The minimum Gasteiger partial charge on any atom is -0.492 e. The number of nitrogens with zero attached hydrogens (tertiary/aromatic N) is 3. The molecule has 0 radical (unpaired) electrons. The lowest BCUT2D eigenvalue weighted by atomic mass is 10.1. The Hall–Kier alpha value is -3.68. The molecule has 198 valence electrons. The van der Waals surface area contributed by atoms with E-state index in [1.165, 1.54) is 0 Å². The lowest BCUT2D eigenvalue weighted by molar-refractivity contribution is -0.146. The van der Waals surface area contributed by atoms with Crippen molar-refractivity contribution in [3.05, 3.63) is 64.7 Å². The van der Waals surface area contributed by atoms with Gasteiger partial charge < -0.3 is 14.4 Å². The molecule has 3 rings (SSSR count). The Morgan fingerprint density at radius 2 is 1.70 bits per heavy atom. The van der Waals surface area contributed by atoms with Crippen molar-refractivity contribution in [1.29, 1.82) is 0 Å². The quantitative estimate of drug-likeness (QED) is 0.233. The van der Waals surface area contributed by atoms with Gasteiger partial charge in [-0.2, -0.15) is 0 Å². The van der Waals surface area contributed by atoms with Gasteiger partial charge in [-0.15, -0.1) is 0 Å². The van der Waals surface area contributed by atoms with Gasteiger partial charge in [-0.25, -0.2) is 4.98 Å². The SMILES string of the molecule is CCCCCN(C(=O)CCC(=O)OCC)C(C)c1nc2ccccc2c(=O)n1-c1ccccc1OCC. The standard InChI is InChI=1S/C29H37N3O5/c1-5-8-13-20-31(26(33)18-19-27(34)37-7-3)21(4)28-30-23-15-10-9-14-22(23)29(35)32(28)24-16-11-12-17-25(24)36-6-2/h9-12,14-17,21H,5-8,13,18-20H2,1-4H3. The Morgan fingerprint density at radius 3 is 2.43 bits per heavy atom. The van der Waals surface area contributed by atoms with Gasteiger partial charge in [0, 0.05) is 13.0 Å². The Labute approximate surface area is 218 Å². The number of carbonyl (C=O) groups excluding carboxylic acids is 2. The van der Waals surface area contributed by atoms with Crippen LogP contribution >= 0.6 is 0 Å². The molecule has 1 unspecified atom stereocenters. The van der Waals surface area contributed by atoms with Crippen LogP contribution in [0, 0.1) is 0 Å². The summed E-state index contributed by atoms with van der Waals surface area (Å²) >= 11 is 0. The van der Waals surface area contributed by atoms with Gasteiger partial charge in [0.25, 0.3) is 5.56 Å². The Morgan fingerprint density at radius 1 is 0.973 bits per heavy atom. The fraction of sp³-hybridized carbons (Fsp3) is 0.448. The number of unbranched alkanes of at least 4 members (excludes halogenated alkanes) is 2. The number of ether oxygens (including phenoxy) is 2. The first kappa shape index (κ1) is 27.9. The minimum atomic E-state index is -0.529. The Bertz CT molecular complexity index is 1270. The van der Waals surface area contributed by atoms with Crippen LogP contribution in [0.3, 0.4) is 0 Å². The lowest BCUT2D eigenvalue weighted by Gasteiger charge is -2.31. The van der Waals surface area contributed by atoms with Crippen molar-refractivity contribution in [2.45, 2.75) is 65.8 Å². The van der Waals surface area contributed by atoms with Crippen molar-refractivity contribution in [2.24, 2.45) is 0 Å². The van der Waals surface area contributed by atoms with Crippen LogP contribution < -0.4 is 10.3 Å². The number of amides is 1. The van der Waals surface area contributed by atoms with Gasteiger partial charge >= 0.3 is 5.97 Å². The maximum absolute atomic E-state index is 13.9. The molecule has 1 amide bonds. The summed E-state index contributed by atoms with van der Waals surface area (Å²) in [6.45, 7) is 8.81. The van der Waals surface area contributed by atoms with E-state index in [0.717, 1.165) is 19.3 Å². The number of carbonyl (C=O) groups is 2.